The molecule has 23 heavy (non-hydrogen) atoms. The van der Waals surface area contributed by atoms with Crippen molar-refractivity contribution < 1.29 is 0 Å². The standard InChI is InChI=1S/C17H14N4OS/c22-16-14-11-3-1-5-12(11)23-17(14)21-13(20-16)7-9-8-19-15-10(9)4-2-6-18-15/h2,4,6,8H,1,3,5,7H2,(H,18,19)(H,20,21,22). The first-order valence-electron chi connectivity index (χ1n) is 7.74. The molecule has 4 heterocycles. The lowest BCUT2D eigenvalue weighted by atomic mass is 10.1. The topological polar surface area (TPSA) is 74.4 Å². The van der Waals surface area contributed by atoms with Crippen molar-refractivity contribution in [3.8, 4) is 0 Å². The van der Waals surface area contributed by atoms with Gasteiger partial charge in [0, 0.05) is 29.1 Å². The van der Waals surface area contributed by atoms with Gasteiger partial charge in [0.1, 0.15) is 16.3 Å². The Morgan fingerprint density at radius 2 is 2.26 bits per heavy atom. The molecule has 0 saturated carbocycles. The Kier molecular flexibility index (Phi) is 2.69. The quantitative estimate of drug-likeness (QED) is 0.596. The van der Waals surface area contributed by atoms with E-state index >= 15 is 0 Å². The molecule has 0 amide bonds. The second-order valence-corrected chi connectivity index (χ2v) is 7.02. The smallest absolute Gasteiger partial charge is 0.259 e. The molecule has 0 saturated heterocycles. The number of nitrogens with zero attached hydrogens (tertiary/aromatic N) is 2. The lowest BCUT2D eigenvalue weighted by Crippen LogP contribution is -2.12. The molecule has 0 aromatic carbocycles. The number of aryl methyl sites for hydroxylation is 2. The number of hydrogen-bond donors (Lipinski definition) is 2. The lowest BCUT2D eigenvalue weighted by molar-refractivity contribution is 0.915. The van der Waals surface area contributed by atoms with E-state index in [-0.39, 0.29) is 5.56 Å². The highest BCUT2D eigenvalue weighted by Crippen LogP contribution is 2.34. The first-order chi connectivity index (χ1) is 11.3. The van der Waals surface area contributed by atoms with Crippen LogP contribution in [-0.2, 0) is 19.3 Å². The molecule has 1 aliphatic rings. The van der Waals surface area contributed by atoms with Gasteiger partial charge in [-0.25, -0.2) is 9.97 Å². The second kappa shape index (κ2) is 4.76. The third kappa shape index (κ3) is 1.95. The summed E-state index contributed by atoms with van der Waals surface area (Å²) in [6.07, 6.45) is 7.55. The molecule has 6 heteroatoms. The van der Waals surface area contributed by atoms with Crippen molar-refractivity contribution in [2.75, 3.05) is 0 Å². The number of rotatable bonds is 2. The third-order valence-electron chi connectivity index (χ3n) is 4.52. The fourth-order valence-corrected chi connectivity index (χ4v) is 4.75. The second-order valence-electron chi connectivity index (χ2n) is 5.94. The minimum Gasteiger partial charge on any atom is -0.346 e. The molecular weight excluding hydrogens is 308 g/mol. The van der Waals surface area contributed by atoms with Crippen molar-refractivity contribution in [2.45, 2.75) is 25.7 Å². The average Bonchev–Trinajstić information content (AvgIpc) is 3.21. The van der Waals surface area contributed by atoms with Gasteiger partial charge in [-0.3, -0.25) is 4.79 Å². The number of H-pyrrole nitrogens is 2. The van der Waals surface area contributed by atoms with Crippen LogP contribution in [0.2, 0.25) is 0 Å². The normalized spacial score (nSPS) is 13.9. The van der Waals surface area contributed by atoms with Gasteiger partial charge in [-0.15, -0.1) is 11.3 Å². The summed E-state index contributed by atoms with van der Waals surface area (Å²) in [7, 11) is 0. The van der Waals surface area contributed by atoms with Crippen molar-refractivity contribution in [1.29, 1.82) is 0 Å². The van der Waals surface area contributed by atoms with Crippen molar-refractivity contribution >= 4 is 32.6 Å². The average molecular weight is 322 g/mol. The van der Waals surface area contributed by atoms with Gasteiger partial charge in [-0.2, -0.15) is 0 Å². The zero-order valence-corrected chi connectivity index (χ0v) is 13.2. The van der Waals surface area contributed by atoms with Crippen molar-refractivity contribution in [1.82, 2.24) is 19.9 Å². The highest BCUT2D eigenvalue weighted by atomic mass is 32.1. The van der Waals surface area contributed by atoms with Gasteiger partial charge in [-0.1, -0.05) is 0 Å². The number of aromatic nitrogens is 4. The van der Waals surface area contributed by atoms with Gasteiger partial charge < -0.3 is 9.97 Å². The molecule has 0 spiro atoms. The third-order valence-corrected chi connectivity index (χ3v) is 5.70. The Morgan fingerprint density at radius 3 is 3.22 bits per heavy atom. The summed E-state index contributed by atoms with van der Waals surface area (Å²) in [4.78, 5) is 29.9. The predicted octanol–water partition coefficient (Wildman–Crippen LogP) is 2.94. The van der Waals surface area contributed by atoms with E-state index in [2.05, 4.69) is 15.0 Å². The highest BCUT2D eigenvalue weighted by Gasteiger charge is 2.21. The molecule has 2 N–H and O–H groups in total. The summed E-state index contributed by atoms with van der Waals surface area (Å²) < 4.78 is 0. The van der Waals surface area contributed by atoms with Gasteiger partial charge in [0.25, 0.3) is 5.56 Å². The van der Waals surface area contributed by atoms with Crippen molar-refractivity contribution in [3.63, 3.8) is 0 Å². The van der Waals surface area contributed by atoms with Crippen LogP contribution in [0.1, 0.15) is 28.2 Å². The molecule has 0 fully saturated rings. The summed E-state index contributed by atoms with van der Waals surface area (Å²) >= 11 is 1.68. The Balaban J connectivity index is 1.62. The molecule has 5 rings (SSSR count). The fraction of sp³-hybridized carbons (Fsp3) is 0.235. The Bertz CT molecular complexity index is 1100. The van der Waals surface area contributed by atoms with E-state index in [0.717, 1.165) is 46.1 Å². The van der Waals surface area contributed by atoms with E-state index in [4.69, 9.17) is 4.98 Å². The van der Waals surface area contributed by atoms with Crippen molar-refractivity contribution in [2.24, 2.45) is 0 Å². The molecule has 0 radical (unpaired) electrons. The van der Waals surface area contributed by atoms with Crippen molar-refractivity contribution in [3.05, 3.63) is 56.7 Å². The Morgan fingerprint density at radius 1 is 1.30 bits per heavy atom. The molecule has 0 atom stereocenters. The van der Waals surface area contributed by atoms with Crippen LogP contribution in [0.5, 0.6) is 0 Å². The number of nitrogens with one attached hydrogen (secondary N) is 2. The minimum absolute atomic E-state index is 0.00219. The molecular formula is C17H14N4OS. The molecule has 4 aromatic heterocycles. The van der Waals surface area contributed by atoms with E-state index in [1.165, 1.54) is 10.4 Å². The summed E-state index contributed by atoms with van der Waals surface area (Å²) in [5, 5.41) is 1.88. The summed E-state index contributed by atoms with van der Waals surface area (Å²) in [6, 6.07) is 3.95. The summed E-state index contributed by atoms with van der Waals surface area (Å²) in [5.41, 5.74) is 3.18. The molecule has 0 unspecified atom stereocenters. The summed E-state index contributed by atoms with van der Waals surface area (Å²) in [5.74, 6) is 0.715. The predicted molar refractivity (Wildman–Crippen MR) is 91.2 cm³/mol. The number of hydrogen-bond acceptors (Lipinski definition) is 4. The van der Waals surface area contributed by atoms with Crippen LogP contribution >= 0.6 is 11.3 Å². The largest absolute Gasteiger partial charge is 0.346 e. The maximum atomic E-state index is 12.5. The SMILES string of the molecule is O=c1[nH]c(Cc2c[nH]c3ncccc23)nc2sc3c(c12)CCC3. The number of aromatic amines is 2. The van der Waals surface area contributed by atoms with Gasteiger partial charge >= 0.3 is 0 Å². The van der Waals surface area contributed by atoms with Crippen LogP contribution in [0.3, 0.4) is 0 Å². The summed E-state index contributed by atoms with van der Waals surface area (Å²) in [6.45, 7) is 0. The van der Waals surface area contributed by atoms with E-state index in [1.54, 1.807) is 17.5 Å². The molecule has 0 aliphatic heterocycles. The number of pyridine rings is 1. The van der Waals surface area contributed by atoms with Crippen LogP contribution in [0.15, 0.2) is 29.3 Å². The monoisotopic (exact) mass is 322 g/mol. The molecule has 114 valence electrons. The van der Waals surface area contributed by atoms with E-state index in [1.807, 2.05) is 18.3 Å². The molecule has 0 bridgehead atoms. The Hall–Kier alpha value is -2.47. The molecule has 4 aromatic rings. The minimum atomic E-state index is 0.00219. The van der Waals surface area contributed by atoms with Crippen LogP contribution in [0.4, 0.5) is 0 Å². The van der Waals surface area contributed by atoms with E-state index in [0.29, 0.717) is 12.2 Å². The zero-order chi connectivity index (χ0) is 15.4. The molecule has 1 aliphatic carbocycles. The van der Waals surface area contributed by atoms with Crippen LogP contribution < -0.4 is 5.56 Å². The van der Waals surface area contributed by atoms with Crippen LogP contribution in [0, 0.1) is 0 Å². The molecule has 5 nitrogen and oxygen atoms in total. The first-order valence-corrected chi connectivity index (χ1v) is 8.55. The zero-order valence-electron chi connectivity index (χ0n) is 12.3. The van der Waals surface area contributed by atoms with E-state index in [9.17, 15) is 4.79 Å². The van der Waals surface area contributed by atoms with Gasteiger partial charge in [-0.05, 0) is 42.5 Å². The number of fused-ring (bicyclic) bond motifs is 4. The maximum absolute atomic E-state index is 12.5. The highest BCUT2D eigenvalue weighted by molar-refractivity contribution is 7.18. The first kappa shape index (κ1) is 13.0. The van der Waals surface area contributed by atoms with Gasteiger partial charge in [0.05, 0.1) is 5.39 Å². The number of thiophene rings is 1. The van der Waals surface area contributed by atoms with Crippen LogP contribution in [0.25, 0.3) is 21.3 Å². The van der Waals surface area contributed by atoms with Crippen LogP contribution in [-0.4, -0.2) is 19.9 Å². The fourth-order valence-electron chi connectivity index (χ4n) is 3.47. The van der Waals surface area contributed by atoms with Gasteiger partial charge in [0.2, 0.25) is 0 Å². The Labute approximate surface area is 135 Å². The van der Waals surface area contributed by atoms with E-state index < -0.39 is 0 Å². The lowest BCUT2D eigenvalue weighted by Gasteiger charge is -2.01. The maximum Gasteiger partial charge on any atom is 0.259 e. The van der Waals surface area contributed by atoms with Gasteiger partial charge in [0.15, 0.2) is 0 Å².